The Kier molecular flexibility index (Phi) is 6.86. The zero-order chi connectivity index (χ0) is 18.6. The fourth-order valence-corrected chi connectivity index (χ4v) is 2.75. The summed E-state index contributed by atoms with van der Waals surface area (Å²) >= 11 is 5.12. The molecule has 1 aliphatic rings. The highest BCUT2D eigenvalue weighted by Crippen LogP contribution is 2.30. The average molecular weight is 368 g/mol. The van der Waals surface area contributed by atoms with Crippen molar-refractivity contribution < 1.29 is 24.5 Å². The van der Waals surface area contributed by atoms with Gasteiger partial charge in [0.05, 0.1) is 6.61 Å². The number of hydrogen-bond acceptors (Lipinski definition) is 7. The van der Waals surface area contributed by atoms with Gasteiger partial charge in [0.15, 0.2) is 6.23 Å². The molecule has 0 amide bonds. The van der Waals surface area contributed by atoms with E-state index in [-0.39, 0.29) is 4.84 Å². The molecule has 1 aromatic heterocycles. The van der Waals surface area contributed by atoms with Crippen LogP contribution in [0.2, 0.25) is 0 Å². The normalized spacial score (nSPS) is 25.5. The van der Waals surface area contributed by atoms with E-state index < -0.39 is 31.1 Å². The highest BCUT2D eigenvalue weighted by atomic mass is 32.1. The highest BCUT2D eigenvalue weighted by Gasteiger charge is 2.44. The minimum atomic E-state index is -1.25. The third-order valence-corrected chi connectivity index (χ3v) is 4.21. The Balaban J connectivity index is 0.00000109. The average Bonchev–Trinajstić information content (AvgIpc) is 3.17. The van der Waals surface area contributed by atoms with Gasteiger partial charge in [-0.3, -0.25) is 0 Å². The van der Waals surface area contributed by atoms with Crippen molar-refractivity contribution in [2.75, 3.05) is 6.61 Å². The van der Waals surface area contributed by atoms with Crippen LogP contribution in [0, 0.1) is 4.84 Å². The second-order valence-electron chi connectivity index (χ2n) is 5.40. The monoisotopic (exact) mass is 368 g/mol. The molecular formula is C17H24N2O5S. The maximum absolute atomic E-state index is 10.1. The summed E-state index contributed by atoms with van der Waals surface area (Å²) in [6.45, 7) is 5.66. The Bertz CT molecular complexity index is 727. The standard InChI is InChI=1S/C15H18N2O5S.C2H6/c1-2-8-3-5-9(6-4-8)13-16-17(15(23)22-13)14-12(20)11(19)10(7-18)21-14;1-2/h3-6,10-12,14,18-20H,2,7H2,1H3;1-2H3. The first-order chi connectivity index (χ1) is 12.0. The first kappa shape index (κ1) is 19.7. The molecule has 1 aliphatic heterocycles. The van der Waals surface area contributed by atoms with E-state index in [0.717, 1.165) is 12.0 Å². The SMILES string of the molecule is CC.CCc1ccc(-c2nn(C3OC(CO)C(O)C3O)c(=S)o2)cc1. The Morgan fingerprint density at radius 1 is 1.16 bits per heavy atom. The van der Waals surface area contributed by atoms with Gasteiger partial charge in [0, 0.05) is 5.56 Å². The first-order valence-electron chi connectivity index (χ1n) is 8.36. The van der Waals surface area contributed by atoms with Crippen molar-refractivity contribution in [1.29, 1.82) is 0 Å². The molecule has 1 aromatic carbocycles. The molecule has 0 spiro atoms. The summed E-state index contributed by atoms with van der Waals surface area (Å²) in [5.41, 5.74) is 1.94. The van der Waals surface area contributed by atoms with E-state index in [0.29, 0.717) is 5.89 Å². The van der Waals surface area contributed by atoms with Gasteiger partial charge in [0.2, 0.25) is 5.89 Å². The molecule has 0 radical (unpaired) electrons. The lowest BCUT2D eigenvalue weighted by Crippen LogP contribution is -2.33. The molecule has 0 saturated carbocycles. The highest BCUT2D eigenvalue weighted by molar-refractivity contribution is 7.71. The number of aryl methyl sites for hydroxylation is 1. The number of rotatable bonds is 4. The van der Waals surface area contributed by atoms with Crippen molar-refractivity contribution in [2.45, 2.75) is 51.7 Å². The van der Waals surface area contributed by atoms with Crippen molar-refractivity contribution in [3.8, 4) is 11.5 Å². The number of benzene rings is 1. The zero-order valence-corrected chi connectivity index (χ0v) is 15.3. The smallest absolute Gasteiger partial charge is 0.289 e. The molecule has 138 valence electrons. The number of aliphatic hydroxyl groups excluding tert-OH is 3. The third-order valence-electron chi connectivity index (χ3n) is 3.94. The quantitative estimate of drug-likeness (QED) is 0.710. The Morgan fingerprint density at radius 3 is 2.32 bits per heavy atom. The molecule has 1 fully saturated rings. The molecule has 0 aliphatic carbocycles. The minimum absolute atomic E-state index is 0.0226. The lowest BCUT2D eigenvalue weighted by atomic mass is 10.1. The van der Waals surface area contributed by atoms with Crippen LogP contribution in [0.3, 0.4) is 0 Å². The number of nitrogens with zero attached hydrogens (tertiary/aromatic N) is 2. The summed E-state index contributed by atoms with van der Waals surface area (Å²) in [5.74, 6) is 0.301. The van der Waals surface area contributed by atoms with Crippen molar-refractivity contribution in [3.63, 3.8) is 0 Å². The lowest BCUT2D eigenvalue weighted by molar-refractivity contribution is -0.0602. The number of aliphatic hydroxyl groups is 3. The molecule has 3 N–H and O–H groups in total. The maximum atomic E-state index is 10.1. The predicted octanol–water partition coefficient (Wildman–Crippen LogP) is 2.07. The van der Waals surface area contributed by atoms with Gasteiger partial charge in [-0.2, -0.15) is 4.68 Å². The van der Waals surface area contributed by atoms with Gasteiger partial charge in [-0.25, -0.2) is 0 Å². The van der Waals surface area contributed by atoms with Crippen LogP contribution in [0.15, 0.2) is 28.7 Å². The minimum Gasteiger partial charge on any atom is -0.409 e. The molecule has 2 heterocycles. The zero-order valence-electron chi connectivity index (χ0n) is 14.5. The van der Waals surface area contributed by atoms with Crippen molar-refractivity contribution in [1.82, 2.24) is 9.78 Å². The van der Waals surface area contributed by atoms with Crippen LogP contribution in [0.5, 0.6) is 0 Å². The van der Waals surface area contributed by atoms with E-state index in [1.807, 2.05) is 38.1 Å². The summed E-state index contributed by atoms with van der Waals surface area (Å²) < 4.78 is 12.1. The lowest BCUT2D eigenvalue weighted by Gasteiger charge is -2.13. The summed E-state index contributed by atoms with van der Waals surface area (Å²) in [6.07, 6.45) is -3.42. The second kappa shape index (κ2) is 8.68. The number of ether oxygens (including phenoxy) is 1. The van der Waals surface area contributed by atoms with E-state index in [2.05, 4.69) is 12.0 Å². The van der Waals surface area contributed by atoms with Gasteiger partial charge in [-0.1, -0.05) is 32.9 Å². The van der Waals surface area contributed by atoms with Gasteiger partial charge in [-0.05, 0) is 36.3 Å². The van der Waals surface area contributed by atoms with Crippen LogP contribution in [0.1, 0.15) is 32.6 Å². The van der Waals surface area contributed by atoms with Crippen LogP contribution < -0.4 is 0 Å². The Hall–Kier alpha value is -1.58. The van der Waals surface area contributed by atoms with Crippen molar-refractivity contribution >= 4 is 12.2 Å². The van der Waals surface area contributed by atoms with Crippen LogP contribution >= 0.6 is 12.2 Å². The van der Waals surface area contributed by atoms with Gasteiger partial charge in [0.25, 0.3) is 4.84 Å². The van der Waals surface area contributed by atoms with Gasteiger partial charge in [0.1, 0.15) is 18.3 Å². The summed E-state index contributed by atoms with van der Waals surface area (Å²) in [7, 11) is 0. The fraction of sp³-hybridized carbons (Fsp3) is 0.529. The van der Waals surface area contributed by atoms with E-state index >= 15 is 0 Å². The van der Waals surface area contributed by atoms with Gasteiger partial charge in [-0.15, -0.1) is 5.10 Å². The molecule has 1 saturated heterocycles. The Morgan fingerprint density at radius 2 is 1.80 bits per heavy atom. The third kappa shape index (κ3) is 3.99. The predicted molar refractivity (Wildman–Crippen MR) is 94.5 cm³/mol. The van der Waals surface area contributed by atoms with Crippen molar-refractivity contribution in [3.05, 3.63) is 34.7 Å². The topological polar surface area (TPSA) is 101 Å². The van der Waals surface area contributed by atoms with Gasteiger partial charge < -0.3 is 24.5 Å². The molecule has 3 rings (SSSR count). The van der Waals surface area contributed by atoms with Crippen LogP contribution in [0.4, 0.5) is 0 Å². The number of hydrogen-bond donors (Lipinski definition) is 3. The second-order valence-corrected chi connectivity index (χ2v) is 5.75. The fourth-order valence-electron chi connectivity index (χ4n) is 2.53. The molecule has 25 heavy (non-hydrogen) atoms. The largest absolute Gasteiger partial charge is 0.409 e. The van der Waals surface area contributed by atoms with Crippen LogP contribution in [0.25, 0.3) is 11.5 Å². The summed E-state index contributed by atoms with van der Waals surface area (Å²) in [5, 5.41) is 33.3. The molecule has 2 aromatic rings. The van der Waals surface area contributed by atoms with Gasteiger partial charge >= 0.3 is 0 Å². The van der Waals surface area contributed by atoms with E-state index in [9.17, 15) is 10.2 Å². The number of aromatic nitrogens is 2. The molecule has 8 heteroatoms. The Labute approximate surface area is 151 Å². The van der Waals surface area contributed by atoms with Crippen molar-refractivity contribution in [2.24, 2.45) is 0 Å². The van der Waals surface area contributed by atoms with Crippen LogP contribution in [-0.4, -0.2) is 50.0 Å². The van der Waals surface area contributed by atoms with E-state index in [1.165, 1.54) is 10.2 Å². The summed E-state index contributed by atoms with van der Waals surface area (Å²) in [4.78, 5) is 0.0226. The summed E-state index contributed by atoms with van der Waals surface area (Å²) in [6, 6.07) is 7.70. The van der Waals surface area contributed by atoms with E-state index in [4.69, 9.17) is 26.5 Å². The van der Waals surface area contributed by atoms with Crippen LogP contribution in [-0.2, 0) is 11.2 Å². The van der Waals surface area contributed by atoms with E-state index in [1.54, 1.807) is 0 Å². The molecule has 4 atom stereocenters. The molecule has 7 nitrogen and oxygen atoms in total. The maximum Gasteiger partial charge on any atom is 0.289 e. The first-order valence-corrected chi connectivity index (χ1v) is 8.77. The molecule has 0 bridgehead atoms. The molecular weight excluding hydrogens is 344 g/mol. The molecule has 4 unspecified atom stereocenters.